The molecular weight excluding hydrogens is 302 g/mol. The second-order valence-corrected chi connectivity index (χ2v) is 6.21. The number of nitrogens with one attached hydrogen (secondary N) is 2. The Hall–Kier alpha value is -2.40. The van der Waals surface area contributed by atoms with Crippen molar-refractivity contribution in [2.24, 2.45) is 0 Å². The van der Waals surface area contributed by atoms with Gasteiger partial charge in [0, 0.05) is 24.3 Å². The second kappa shape index (κ2) is 7.93. The van der Waals surface area contributed by atoms with Crippen molar-refractivity contribution in [3.05, 3.63) is 66.0 Å². The number of carbonyl (C=O) groups excluding carboxylic acids is 1. The average molecular weight is 325 g/mol. The lowest BCUT2D eigenvalue weighted by molar-refractivity contribution is 0.124. The normalized spacial score (nSPS) is 20.7. The molecule has 2 aromatic rings. The molecule has 1 unspecified atom stereocenters. The van der Waals surface area contributed by atoms with E-state index in [-0.39, 0.29) is 18.2 Å². The predicted molar refractivity (Wildman–Crippen MR) is 92.4 cm³/mol. The van der Waals surface area contributed by atoms with Gasteiger partial charge in [-0.1, -0.05) is 36.4 Å². The van der Waals surface area contributed by atoms with Crippen LogP contribution in [0.15, 0.2) is 54.7 Å². The molecule has 3 rings (SSSR count). The Bertz CT molecular complexity index is 642. The highest BCUT2D eigenvalue weighted by atomic mass is 16.5. The maximum atomic E-state index is 11.8. The number of alkyl carbamates (subject to hydrolysis) is 1. The molecule has 24 heavy (non-hydrogen) atoms. The fourth-order valence-corrected chi connectivity index (χ4v) is 2.87. The van der Waals surface area contributed by atoms with Crippen LogP contribution in [0.3, 0.4) is 0 Å². The predicted octanol–water partition coefficient (Wildman–Crippen LogP) is 3.19. The van der Waals surface area contributed by atoms with Gasteiger partial charge in [-0.05, 0) is 37.5 Å². The Balaban J connectivity index is 1.34. The fourth-order valence-electron chi connectivity index (χ4n) is 2.87. The summed E-state index contributed by atoms with van der Waals surface area (Å²) in [7, 11) is 0. The van der Waals surface area contributed by atoms with Crippen molar-refractivity contribution in [3.8, 4) is 0 Å². The van der Waals surface area contributed by atoms with E-state index in [4.69, 9.17) is 4.74 Å². The monoisotopic (exact) mass is 325 g/mol. The van der Waals surface area contributed by atoms with Crippen LogP contribution in [-0.4, -0.2) is 23.2 Å². The van der Waals surface area contributed by atoms with Crippen molar-refractivity contribution in [1.82, 2.24) is 15.6 Å². The van der Waals surface area contributed by atoms with Gasteiger partial charge in [0.1, 0.15) is 6.61 Å². The van der Waals surface area contributed by atoms with Gasteiger partial charge in [0.2, 0.25) is 0 Å². The highest BCUT2D eigenvalue weighted by Crippen LogP contribution is 2.23. The summed E-state index contributed by atoms with van der Waals surface area (Å²) in [4.78, 5) is 16.2. The van der Waals surface area contributed by atoms with Crippen molar-refractivity contribution in [1.29, 1.82) is 0 Å². The molecule has 1 aliphatic carbocycles. The van der Waals surface area contributed by atoms with E-state index < -0.39 is 0 Å². The largest absolute Gasteiger partial charge is 0.445 e. The molecule has 1 aromatic heterocycles. The molecule has 0 spiro atoms. The van der Waals surface area contributed by atoms with Crippen LogP contribution >= 0.6 is 0 Å². The Morgan fingerprint density at radius 1 is 1.17 bits per heavy atom. The molecule has 1 atom stereocenters. The number of rotatable bonds is 6. The van der Waals surface area contributed by atoms with Crippen LogP contribution in [0.1, 0.15) is 37.1 Å². The van der Waals surface area contributed by atoms with Crippen LogP contribution in [-0.2, 0) is 11.3 Å². The maximum Gasteiger partial charge on any atom is 0.407 e. The minimum atomic E-state index is -0.347. The lowest BCUT2D eigenvalue weighted by Crippen LogP contribution is -2.52. The number of benzene rings is 1. The van der Waals surface area contributed by atoms with Gasteiger partial charge in [-0.2, -0.15) is 0 Å². The first kappa shape index (κ1) is 16.5. The van der Waals surface area contributed by atoms with Gasteiger partial charge in [0.05, 0.1) is 5.69 Å². The highest BCUT2D eigenvalue weighted by molar-refractivity contribution is 5.67. The summed E-state index contributed by atoms with van der Waals surface area (Å²) < 4.78 is 5.24. The molecule has 1 heterocycles. The van der Waals surface area contributed by atoms with Gasteiger partial charge >= 0.3 is 6.09 Å². The summed E-state index contributed by atoms with van der Waals surface area (Å²) in [5.74, 6) is 0. The Morgan fingerprint density at radius 3 is 2.62 bits per heavy atom. The minimum absolute atomic E-state index is 0.182. The summed E-state index contributed by atoms with van der Waals surface area (Å²) in [6.07, 6.45) is 3.29. The van der Waals surface area contributed by atoms with Crippen LogP contribution in [0.5, 0.6) is 0 Å². The molecule has 5 nitrogen and oxygen atoms in total. The van der Waals surface area contributed by atoms with E-state index in [0.29, 0.717) is 12.6 Å². The summed E-state index contributed by atoms with van der Waals surface area (Å²) in [6.45, 7) is 2.41. The molecule has 5 heteroatoms. The van der Waals surface area contributed by atoms with E-state index in [9.17, 15) is 4.79 Å². The van der Waals surface area contributed by atoms with Crippen LogP contribution in [0.2, 0.25) is 0 Å². The van der Waals surface area contributed by atoms with Crippen LogP contribution < -0.4 is 10.6 Å². The summed E-state index contributed by atoms with van der Waals surface area (Å²) in [6, 6.07) is 16.4. The average Bonchev–Trinajstić information content (AvgIpc) is 2.59. The molecule has 1 amide bonds. The summed E-state index contributed by atoms with van der Waals surface area (Å²) >= 11 is 0. The molecular formula is C19H23N3O2. The fraction of sp³-hybridized carbons (Fsp3) is 0.368. The van der Waals surface area contributed by atoms with E-state index in [1.165, 1.54) is 0 Å². The highest BCUT2D eigenvalue weighted by Gasteiger charge is 2.31. The third kappa shape index (κ3) is 4.55. The molecule has 1 aliphatic rings. The number of pyridine rings is 1. The molecule has 126 valence electrons. The lowest BCUT2D eigenvalue weighted by atomic mass is 9.86. The first-order valence-electron chi connectivity index (χ1n) is 8.35. The molecule has 0 radical (unpaired) electrons. The van der Waals surface area contributed by atoms with Crippen LogP contribution in [0.4, 0.5) is 4.79 Å². The topological polar surface area (TPSA) is 63.2 Å². The van der Waals surface area contributed by atoms with Crippen LogP contribution in [0, 0.1) is 0 Å². The minimum Gasteiger partial charge on any atom is -0.445 e. The van der Waals surface area contributed by atoms with Gasteiger partial charge in [-0.3, -0.25) is 4.98 Å². The molecule has 1 aromatic carbocycles. The number of hydrogen-bond donors (Lipinski definition) is 2. The standard InChI is InChI=1S/C19H23N3O2/c1-14(18-9-5-6-10-20-18)21-16-11-17(12-16)22-19(23)24-13-15-7-3-2-4-8-15/h2-10,14,16-17,21H,11-13H2,1H3,(H,22,23). The first-order chi connectivity index (χ1) is 11.7. The van der Waals surface area contributed by atoms with Gasteiger partial charge in [0.15, 0.2) is 0 Å². The van der Waals surface area contributed by atoms with Crippen molar-refractivity contribution in [2.45, 2.75) is 44.5 Å². The van der Waals surface area contributed by atoms with Crippen molar-refractivity contribution in [3.63, 3.8) is 0 Å². The number of carbonyl (C=O) groups is 1. The second-order valence-electron chi connectivity index (χ2n) is 6.21. The third-order valence-electron chi connectivity index (χ3n) is 4.29. The Kier molecular flexibility index (Phi) is 5.43. The van der Waals surface area contributed by atoms with E-state index in [0.717, 1.165) is 24.1 Å². The first-order valence-corrected chi connectivity index (χ1v) is 8.35. The van der Waals surface area contributed by atoms with E-state index in [2.05, 4.69) is 22.5 Å². The third-order valence-corrected chi connectivity index (χ3v) is 4.29. The Labute approximate surface area is 142 Å². The quantitative estimate of drug-likeness (QED) is 0.856. The van der Waals surface area contributed by atoms with Crippen molar-refractivity contribution in [2.75, 3.05) is 0 Å². The molecule has 1 fully saturated rings. The molecule has 0 bridgehead atoms. The lowest BCUT2D eigenvalue weighted by Gasteiger charge is -2.37. The van der Waals surface area contributed by atoms with Crippen molar-refractivity contribution < 1.29 is 9.53 Å². The number of nitrogens with zero attached hydrogens (tertiary/aromatic N) is 1. The number of amides is 1. The van der Waals surface area contributed by atoms with Gasteiger partial charge in [-0.15, -0.1) is 0 Å². The number of hydrogen-bond acceptors (Lipinski definition) is 4. The molecule has 0 saturated heterocycles. The van der Waals surface area contributed by atoms with Gasteiger partial charge in [-0.25, -0.2) is 4.79 Å². The Morgan fingerprint density at radius 2 is 1.92 bits per heavy atom. The zero-order chi connectivity index (χ0) is 16.8. The van der Waals surface area contributed by atoms with E-state index in [1.54, 1.807) is 6.20 Å². The zero-order valence-electron chi connectivity index (χ0n) is 13.8. The van der Waals surface area contributed by atoms with Crippen LogP contribution in [0.25, 0.3) is 0 Å². The summed E-state index contributed by atoms with van der Waals surface area (Å²) in [5.41, 5.74) is 2.03. The zero-order valence-corrected chi connectivity index (χ0v) is 13.8. The summed E-state index contributed by atoms with van der Waals surface area (Å²) in [5, 5.41) is 6.45. The molecule has 0 aliphatic heterocycles. The molecule has 1 saturated carbocycles. The number of ether oxygens (including phenoxy) is 1. The molecule has 2 N–H and O–H groups in total. The maximum absolute atomic E-state index is 11.8. The van der Waals surface area contributed by atoms with E-state index >= 15 is 0 Å². The van der Waals surface area contributed by atoms with Gasteiger partial charge in [0.25, 0.3) is 0 Å². The van der Waals surface area contributed by atoms with Crippen molar-refractivity contribution >= 4 is 6.09 Å². The van der Waals surface area contributed by atoms with Gasteiger partial charge < -0.3 is 15.4 Å². The smallest absolute Gasteiger partial charge is 0.407 e. The SMILES string of the molecule is CC(NC1CC(NC(=O)OCc2ccccc2)C1)c1ccccn1. The number of aromatic nitrogens is 1. The van der Waals surface area contributed by atoms with E-state index in [1.807, 2.05) is 48.5 Å².